The summed E-state index contributed by atoms with van der Waals surface area (Å²) in [6, 6.07) is 5.79. The zero-order valence-electron chi connectivity index (χ0n) is 7.69. The van der Waals surface area contributed by atoms with Crippen molar-refractivity contribution in [1.82, 2.24) is 0 Å². The molecule has 62 valence electrons. The number of hydrogen-bond acceptors (Lipinski definition) is 0. The average Bonchev–Trinajstić information content (AvgIpc) is 1.83. The Morgan fingerprint density at radius 1 is 1.33 bits per heavy atom. The van der Waals surface area contributed by atoms with E-state index in [2.05, 4.69) is 0 Å². The molecule has 1 aromatic carbocycles. The van der Waals surface area contributed by atoms with Crippen molar-refractivity contribution in [2.24, 2.45) is 0 Å². The van der Waals surface area contributed by atoms with Gasteiger partial charge in [0.25, 0.3) is 0 Å². The second kappa shape index (κ2) is 3.14. The van der Waals surface area contributed by atoms with E-state index in [1.807, 2.05) is 39.0 Å². The first-order valence-corrected chi connectivity index (χ1v) is 4.34. The maximum absolute atomic E-state index is 5.96. The fraction of sp³-hybridized carbons (Fsp3) is 0.400. The summed E-state index contributed by atoms with van der Waals surface area (Å²) in [6.07, 6.45) is 0. The monoisotopic (exact) mass is 178 g/mol. The second-order valence-electron chi connectivity index (χ2n) is 3.68. The predicted molar refractivity (Wildman–Crippen MR) is 55.0 cm³/mol. The van der Waals surface area contributed by atoms with Crippen LogP contribution in [-0.4, -0.2) is 7.85 Å². The molecule has 0 spiro atoms. The Morgan fingerprint density at radius 3 is 2.33 bits per heavy atom. The van der Waals surface area contributed by atoms with E-state index in [-0.39, 0.29) is 5.31 Å². The molecule has 0 unspecified atom stereocenters. The molecule has 0 aliphatic carbocycles. The fourth-order valence-electron chi connectivity index (χ4n) is 1.35. The van der Waals surface area contributed by atoms with E-state index in [1.165, 1.54) is 0 Å². The zero-order valence-corrected chi connectivity index (χ0v) is 8.44. The lowest BCUT2D eigenvalue weighted by Gasteiger charge is -2.22. The lowest BCUT2D eigenvalue weighted by atomic mass is 9.66. The van der Waals surface area contributed by atoms with Gasteiger partial charge in [0, 0.05) is 5.02 Å². The van der Waals surface area contributed by atoms with Crippen molar-refractivity contribution in [3.05, 3.63) is 34.3 Å². The van der Waals surface area contributed by atoms with E-state index in [4.69, 9.17) is 19.4 Å². The van der Waals surface area contributed by atoms with Crippen molar-refractivity contribution >= 4 is 19.4 Å². The minimum atomic E-state index is -0.283. The topological polar surface area (TPSA) is 0 Å². The molecular weight excluding hydrogens is 166 g/mol. The van der Waals surface area contributed by atoms with Gasteiger partial charge in [-0.2, -0.15) is 0 Å². The standard InChI is InChI=1S/C10H12BCl/c1-7-6-8(12)4-5-9(7)10(2,3)11/h4-6H,1-3H3. The van der Waals surface area contributed by atoms with Crippen LogP contribution in [0, 0.1) is 6.92 Å². The van der Waals surface area contributed by atoms with E-state index < -0.39 is 0 Å². The molecule has 0 saturated carbocycles. The van der Waals surface area contributed by atoms with Gasteiger partial charge in [0.2, 0.25) is 0 Å². The summed E-state index contributed by atoms with van der Waals surface area (Å²) in [5.74, 6) is 0. The molecule has 1 aromatic rings. The van der Waals surface area contributed by atoms with Crippen LogP contribution >= 0.6 is 11.6 Å². The highest BCUT2D eigenvalue weighted by molar-refractivity contribution is 6.30. The van der Waals surface area contributed by atoms with E-state index >= 15 is 0 Å². The lowest BCUT2D eigenvalue weighted by Crippen LogP contribution is -2.17. The Balaban J connectivity index is 3.19. The van der Waals surface area contributed by atoms with Crippen LogP contribution < -0.4 is 0 Å². The molecule has 2 heteroatoms. The van der Waals surface area contributed by atoms with Crippen molar-refractivity contribution < 1.29 is 0 Å². The zero-order chi connectivity index (χ0) is 9.35. The number of hydrogen-bond donors (Lipinski definition) is 0. The molecular formula is C10H12BCl. The summed E-state index contributed by atoms with van der Waals surface area (Å²) in [6.45, 7) is 6.00. The minimum absolute atomic E-state index is 0.283. The van der Waals surface area contributed by atoms with Crippen LogP contribution in [0.3, 0.4) is 0 Å². The van der Waals surface area contributed by atoms with Gasteiger partial charge in [-0.05, 0) is 35.5 Å². The number of rotatable bonds is 1. The smallest absolute Gasteiger partial charge is 0.0803 e. The summed E-state index contributed by atoms with van der Waals surface area (Å²) in [4.78, 5) is 0. The second-order valence-corrected chi connectivity index (χ2v) is 4.12. The first-order chi connectivity index (χ1) is 5.41. The molecule has 0 aliphatic heterocycles. The maximum atomic E-state index is 5.96. The Kier molecular flexibility index (Phi) is 2.53. The summed E-state index contributed by atoms with van der Waals surface area (Å²) in [7, 11) is 5.96. The summed E-state index contributed by atoms with van der Waals surface area (Å²) < 4.78 is 0. The van der Waals surface area contributed by atoms with Crippen LogP contribution in [0.15, 0.2) is 18.2 Å². The van der Waals surface area contributed by atoms with E-state index in [1.54, 1.807) is 0 Å². The molecule has 0 saturated heterocycles. The predicted octanol–water partition coefficient (Wildman–Crippen LogP) is 3.05. The van der Waals surface area contributed by atoms with Crippen molar-refractivity contribution in [3.8, 4) is 0 Å². The molecule has 0 atom stereocenters. The Labute approximate surface area is 80.3 Å². The molecule has 0 N–H and O–H groups in total. The van der Waals surface area contributed by atoms with Gasteiger partial charge in [-0.15, -0.1) is 0 Å². The SMILES string of the molecule is [B]C(C)(C)c1ccc(Cl)cc1C. The van der Waals surface area contributed by atoms with Crippen LogP contribution in [0.1, 0.15) is 25.0 Å². The van der Waals surface area contributed by atoms with Gasteiger partial charge < -0.3 is 0 Å². The largest absolute Gasteiger partial charge is 0.0843 e. The average molecular weight is 178 g/mol. The highest BCUT2D eigenvalue weighted by Crippen LogP contribution is 2.24. The molecule has 0 aromatic heterocycles. The Hall–Kier alpha value is -0.425. The van der Waals surface area contributed by atoms with Crippen molar-refractivity contribution in [3.63, 3.8) is 0 Å². The van der Waals surface area contributed by atoms with Gasteiger partial charge >= 0.3 is 0 Å². The summed E-state index contributed by atoms with van der Waals surface area (Å²) in [5.41, 5.74) is 2.29. The molecule has 0 aliphatic rings. The van der Waals surface area contributed by atoms with E-state index in [0.29, 0.717) is 0 Å². The van der Waals surface area contributed by atoms with Crippen LogP contribution in [0.5, 0.6) is 0 Å². The lowest BCUT2D eigenvalue weighted by molar-refractivity contribution is 0.757. The first kappa shape index (κ1) is 9.66. The molecule has 0 bridgehead atoms. The number of benzene rings is 1. The van der Waals surface area contributed by atoms with Gasteiger partial charge in [-0.1, -0.05) is 31.5 Å². The molecule has 2 radical (unpaired) electrons. The van der Waals surface area contributed by atoms with Crippen LogP contribution in [0.25, 0.3) is 0 Å². The van der Waals surface area contributed by atoms with Crippen LogP contribution in [0.2, 0.25) is 5.02 Å². The van der Waals surface area contributed by atoms with Gasteiger partial charge in [-0.25, -0.2) is 0 Å². The third-order valence-electron chi connectivity index (χ3n) is 1.88. The number of halogens is 1. The third kappa shape index (κ3) is 2.04. The number of aryl methyl sites for hydroxylation is 1. The summed E-state index contributed by atoms with van der Waals surface area (Å²) in [5, 5.41) is 0.481. The van der Waals surface area contributed by atoms with E-state index in [9.17, 15) is 0 Å². The quantitative estimate of drug-likeness (QED) is 0.580. The van der Waals surface area contributed by atoms with Crippen molar-refractivity contribution in [2.45, 2.75) is 26.1 Å². The highest BCUT2D eigenvalue weighted by atomic mass is 35.5. The van der Waals surface area contributed by atoms with Crippen molar-refractivity contribution in [2.75, 3.05) is 0 Å². The molecule has 12 heavy (non-hydrogen) atoms. The molecule has 0 heterocycles. The minimum Gasteiger partial charge on any atom is -0.0843 e. The van der Waals surface area contributed by atoms with Gasteiger partial charge in [0.05, 0.1) is 7.85 Å². The Bertz CT molecular complexity index is 286. The van der Waals surface area contributed by atoms with Gasteiger partial charge in [0.15, 0.2) is 0 Å². The van der Waals surface area contributed by atoms with E-state index in [0.717, 1.165) is 16.1 Å². The Morgan fingerprint density at radius 2 is 1.92 bits per heavy atom. The molecule has 0 nitrogen and oxygen atoms in total. The normalized spacial score (nSPS) is 11.7. The summed E-state index contributed by atoms with van der Waals surface area (Å²) >= 11 is 5.83. The third-order valence-corrected chi connectivity index (χ3v) is 2.12. The highest BCUT2D eigenvalue weighted by Gasteiger charge is 2.14. The van der Waals surface area contributed by atoms with Crippen LogP contribution in [-0.2, 0) is 5.31 Å². The molecule has 1 rings (SSSR count). The maximum Gasteiger partial charge on any atom is 0.0803 e. The fourth-order valence-corrected chi connectivity index (χ4v) is 1.58. The van der Waals surface area contributed by atoms with Gasteiger partial charge in [0.1, 0.15) is 0 Å². The molecule has 0 fully saturated rings. The molecule has 0 amide bonds. The van der Waals surface area contributed by atoms with Gasteiger partial charge in [-0.3, -0.25) is 0 Å². The van der Waals surface area contributed by atoms with Crippen molar-refractivity contribution in [1.29, 1.82) is 0 Å². The van der Waals surface area contributed by atoms with Crippen LogP contribution in [0.4, 0.5) is 0 Å². The first-order valence-electron chi connectivity index (χ1n) is 3.97.